The summed E-state index contributed by atoms with van der Waals surface area (Å²) in [6.45, 7) is 10.4. The van der Waals surface area contributed by atoms with Crippen LogP contribution in [0.15, 0.2) is 4.99 Å². The quantitative estimate of drug-likeness (QED) is 0.360. The fraction of sp³-hybridized carbons (Fsp3) is 0.947. The highest BCUT2D eigenvalue weighted by Crippen LogP contribution is 2.17. The molecule has 0 radical (unpaired) electrons. The lowest BCUT2D eigenvalue weighted by Crippen LogP contribution is -2.51. The largest absolute Gasteiger partial charge is 0.355 e. The van der Waals surface area contributed by atoms with Crippen LogP contribution in [0.2, 0.25) is 0 Å². The average Bonchev–Trinajstić information content (AvgIpc) is 2.81. The molecular formula is C19H40IN5. The molecule has 0 spiro atoms. The number of likely N-dealkylation sites (tertiary alicyclic amines) is 2. The molecule has 0 aromatic rings. The van der Waals surface area contributed by atoms with Crippen molar-refractivity contribution >= 4 is 29.9 Å². The molecule has 2 atom stereocenters. The topological polar surface area (TPSA) is 42.9 Å². The lowest BCUT2D eigenvalue weighted by atomic mass is 10.0. The van der Waals surface area contributed by atoms with Crippen LogP contribution in [-0.2, 0) is 0 Å². The molecule has 2 unspecified atom stereocenters. The highest BCUT2D eigenvalue weighted by Gasteiger charge is 2.24. The van der Waals surface area contributed by atoms with Gasteiger partial charge in [0.1, 0.15) is 0 Å². The number of aliphatic imine (C=N–C) groups is 1. The van der Waals surface area contributed by atoms with Gasteiger partial charge >= 0.3 is 0 Å². The second-order valence-electron chi connectivity index (χ2n) is 7.87. The first kappa shape index (κ1) is 23.0. The molecule has 5 nitrogen and oxygen atoms in total. The Kier molecular flexibility index (Phi) is 11.3. The third-order valence-corrected chi connectivity index (χ3v) is 5.76. The van der Waals surface area contributed by atoms with Crippen LogP contribution in [0.3, 0.4) is 0 Å². The molecule has 2 fully saturated rings. The van der Waals surface area contributed by atoms with Gasteiger partial charge in [-0.15, -0.1) is 24.0 Å². The summed E-state index contributed by atoms with van der Waals surface area (Å²) in [5, 5.41) is 7.12. The number of nitrogens with one attached hydrogen (secondary N) is 2. The van der Waals surface area contributed by atoms with E-state index in [0.29, 0.717) is 18.0 Å². The van der Waals surface area contributed by atoms with Crippen molar-refractivity contribution in [2.75, 3.05) is 46.8 Å². The summed E-state index contributed by atoms with van der Waals surface area (Å²) >= 11 is 0. The Hall–Kier alpha value is -0.0800. The summed E-state index contributed by atoms with van der Waals surface area (Å²) in [6.07, 6.45) is 8.11. The van der Waals surface area contributed by atoms with E-state index in [1.54, 1.807) is 0 Å². The Balaban J connectivity index is 0.00000312. The van der Waals surface area contributed by atoms with E-state index in [4.69, 9.17) is 0 Å². The van der Waals surface area contributed by atoms with Crippen molar-refractivity contribution in [3.05, 3.63) is 0 Å². The molecule has 0 aliphatic carbocycles. The molecule has 148 valence electrons. The second-order valence-corrected chi connectivity index (χ2v) is 7.87. The number of hydrogen-bond acceptors (Lipinski definition) is 3. The van der Waals surface area contributed by atoms with Crippen molar-refractivity contribution in [3.63, 3.8) is 0 Å². The van der Waals surface area contributed by atoms with Gasteiger partial charge in [-0.2, -0.15) is 0 Å². The number of hydrogen-bond donors (Lipinski definition) is 2. The van der Waals surface area contributed by atoms with Crippen LogP contribution in [0, 0.1) is 5.92 Å². The van der Waals surface area contributed by atoms with Crippen LogP contribution in [0.1, 0.15) is 52.4 Å². The molecule has 0 aromatic carbocycles. The summed E-state index contributed by atoms with van der Waals surface area (Å²) < 4.78 is 0. The first-order valence-corrected chi connectivity index (χ1v) is 10.0. The minimum absolute atomic E-state index is 0. The third kappa shape index (κ3) is 7.59. The average molecular weight is 465 g/mol. The normalized spacial score (nSPS) is 24.7. The zero-order valence-electron chi connectivity index (χ0n) is 16.8. The zero-order valence-corrected chi connectivity index (χ0v) is 19.1. The maximum atomic E-state index is 4.43. The summed E-state index contributed by atoms with van der Waals surface area (Å²) in [7, 11) is 4.10. The summed E-state index contributed by atoms with van der Waals surface area (Å²) in [5.74, 6) is 1.62. The van der Waals surface area contributed by atoms with Gasteiger partial charge in [-0.3, -0.25) is 9.89 Å². The van der Waals surface area contributed by atoms with Crippen LogP contribution in [0.25, 0.3) is 0 Å². The molecule has 0 bridgehead atoms. The van der Waals surface area contributed by atoms with E-state index < -0.39 is 0 Å². The first-order valence-electron chi connectivity index (χ1n) is 10.0. The number of guanidine groups is 1. The van der Waals surface area contributed by atoms with Gasteiger partial charge in [0.05, 0.1) is 0 Å². The van der Waals surface area contributed by atoms with Gasteiger partial charge in [0.15, 0.2) is 5.96 Å². The van der Waals surface area contributed by atoms with Crippen LogP contribution < -0.4 is 10.6 Å². The fourth-order valence-electron chi connectivity index (χ4n) is 4.09. The van der Waals surface area contributed by atoms with E-state index in [9.17, 15) is 0 Å². The maximum Gasteiger partial charge on any atom is 0.191 e. The highest BCUT2D eigenvalue weighted by atomic mass is 127. The molecule has 25 heavy (non-hydrogen) atoms. The summed E-state index contributed by atoms with van der Waals surface area (Å²) in [6, 6.07) is 1.24. The molecule has 2 saturated heterocycles. The first-order chi connectivity index (χ1) is 11.6. The minimum atomic E-state index is 0. The molecule has 2 heterocycles. The monoisotopic (exact) mass is 465 g/mol. The molecule has 2 aliphatic rings. The van der Waals surface area contributed by atoms with Gasteiger partial charge in [-0.1, -0.05) is 26.7 Å². The highest BCUT2D eigenvalue weighted by molar-refractivity contribution is 14.0. The van der Waals surface area contributed by atoms with Crippen LogP contribution in [0.4, 0.5) is 0 Å². The third-order valence-electron chi connectivity index (χ3n) is 5.76. The lowest BCUT2D eigenvalue weighted by molar-refractivity contribution is 0.161. The Morgan fingerprint density at radius 1 is 1.04 bits per heavy atom. The Morgan fingerprint density at radius 2 is 1.72 bits per heavy atom. The van der Waals surface area contributed by atoms with E-state index in [-0.39, 0.29) is 24.0 Å². The second kappa shape index (κ2) is 12.3. The summed E-state index contributed by atoms with van der Waals surface area (Å²) in [5.41, 5.74) is 0. The molecule has 0 aromatic heterocycles. The van der Waals surface area contributed by atoms with Gasteiger partial charge in [0.2, 0.25) is 0 Å². The van der Waals surface area contributed by atoms with Crippen molar-refractivity contribution < 1.29 is 0 Å². The maximum absolute atomic E-state index is 4.43. The van der Waals surface area contributed by atoms with E-state index in [1.165, 1.54) is 58.2 Å². The van der Waals surface area contributed by atoms with E-state index in [1.807, 2.05) is 7.05 Å². The predicted octanol–water partition coefficient (Wildman–Crippen LogP) is 2.76. The minimum Gasteiger partial charge on any atom is -0.355 e. The number of likely N-dealkylation sites (N-methyl/N-ethyl adjacent to an activating group) is 1. The van der Waals surface area contributed by atoms with Gasteiger partial charge < -0.3 is 15.5 Å². The molecule has 0 amide bonds. The Bertz CT molecular complexity index is 380. The SMILES string of the molecule is CN=C(NCC1CCCN1C)NCC(C(C)C)N1CCCCCC1.I. The molecule has 6 heteroatoms. The van der Waals surface area contributed by atoms with Crippen molar-refractivity contribution in [3.8, 4) is 0 Å². The van der Waals surface area contributed by atoms with Gasteiger partial charge in [0, 0.05) is 32.2 Å². The molecule has 2 aliphatic heterocycles. The molecule has 2 rings (SSSR count). The Labute approximate surface area is 172 Å². The van der Waals surface area contributed by atoms with Crippen molar-refractivity contribution in [2.45, 2.75) is 64.5 Å². The van der Waals surface area contributed by atoms with Crippen molar-refractivity contribution in [1.29, 1.82) is 0 Å². The van der Waals surface area contributed by atoms with Gasteiger partial charge in [0.25, 0.3) is 0 Å². The van der Waals surface area contributed by atoms with Crippen LogP contribution in [0.5, 0.6) is 0 Å². The van der Waals surface area contributed by atoms with E-state index >= 15 is 0 Å². The molecular weight excluding hydrogens is 425 g/mol. The van der Waals surface area contributed by atoms with Gasteiger partial charge in [-0.05, 0) is 58.3 Å². The van der Waals surface area contributed by atoms with Gasteiger partial charge in [-0.25, -0.2) is 0 Å². The Morgan fingerprint density at radius 3 is 2.24 bits per heavy atom. The zero-order chi connectivity index (χ0) is 17.4. The van der Waals surface area contributed by atoms with Crippen LogP contribution >= 0.6 is 24.0 Å². The molecule has 0 saturated carbocycles. The predicted molar refractivity (Wildman–Crippen MR) is 119 cm³/mol. The lowest BCUT2D eigenvalue weighted by Gasteiger charge is -2.34. The van der Waals surface area contributed by atoms with Crippen molar-refractivity contribution in [2.24, 2.45) is 10.9 Å². The summed E-state index contributed by atoms with van der Waals surface area (Å²) in [4.78, 5) is 9.58. The number of nitrogens with zero attached hydrogens (tertiary/aromatic N) is 3. The fourth-order valence-corrected chi connectivity index (χ4v) is 4.09. The smallest absolute Gasteiger partial charge is 0.191 e. The molecule has 2 N–H and O–H groups in total. The van der Waals surface area contributed by atoms with E-state index in [2.05, 4.69) is 46.3 Å². The number of halogens is 1. The van der Waals surface area contributed by atoms with E-state index in [0.717, 1.165) is 19.0 Å². The standard InChI is InChI=1S/C19H39N5.HI/c1-16(2)18(24-12-7-5-6-8-13-24)15-22-19(20-3)21-14-17-10-9-11-23(17)4;/h16-18H,5-15H2,1-4H3,(H2,20,21,22);1H. The number of rotatable bonds is 6. The van der Waals surface area contributed by atoms with Crippen molar-refractivity contribution in [1.82, 2.24) is 20.4 Å². The van der Waals surface area contributed by atoms with Crippen LogP contribution in [-0.4, -0.2) is 74.7 Å².